The second kappa shape index (κ2) is 12.8. The molecule has 0 aliphatic rings. The Morgan fingerprint density at radius 2 is 1.42 bits per heavy atom. The summed E-state index contributed by atoms with van der Waals surface area (Å²) in [6, 6.07) is 0. The van der Waals surface area contributed by atoms with Gasteiger partial charge in [-0.05, 0) is 12.8 Å². The van der Waals surface area contributed by atoms with Crippen molar-refractivity contribution in [2.24, 2.45) is 5.73 Å². The normalized spacial score (nSPS) is 12.3. The first kappa shape index (κ1) is 20.0. The Hall–Kier alpha value is 1.04. The minimum atomic E-state index is -0.0948. The molecule has 0 aromatic carbocycles. The zero-order chi connectivity index (χ0) is 14.6. The zero-order valence-corrected chi connectivity index (χ0v) is 14.3. The van der Waals surface area contributed by atoms with Gasteiger partial charge in [-0.3, -0.25) is 4.90 Å². The molecule has 7 heteroatoms. The molecule has 0 aliphatic heterocycles. The van der Waals surface area contributed by atoms with E-state index in [1.54, 1.807) is 0 Å². The van der Waals surface area contributed by atoms with Crippen LogP contribution < -0.4 is 11.1 Å². The second-order valence-corrected chi connectivity index (χ2v) is 5.94. The summed E-state index contributed by atoms with van der Waals surface area (Å²) in [5.74, 6) is 2.31. The standard InChI is InChI=1S/C12H25Cl4N3/c13-3-1-12(2-4-14,11-18-8-7-17)19(9-5-15)10-6-16/h18H,1-11,17H2. The third-order valence-electron chi connectivity index (χ3n) is 3.27. The summed E-state index contributed by atoms with van der Waals surface area (Å²) < 4.78 is 0. The molecule has 0 aromatic heterocycles. The van der Waals surface area contributed by atoms with Crippen LogP contribution in [0.25, 0.3) is 0 Å². The fraction of sp³-hybridized carbons (Fsp3) is 1.00. The predicted octanol–water partition coefficient (Wildman–Crippen LogP) is 2.31. The molecule has 0 aliphatic carbocycles. The van der Waals surface area contributed by atoms with Crippen LogP contribution in [0.1, 0.15) is 12.8 Å². The Morgan fingerprint density at radius 1 is 0.895 bits per heavy atom. The topological polar surface area (TPSA) is 41.3 Å². The van der Waals surface area contributed by atoms with Gasteiger partial charge in [0.25, 0.3) is 0 Å². The summed E-state index contributed by atoms with van der Waals surface area (Å²) in [6.45, 7) is 3.76. The van der Waals surface area contributed by atoms with E-state index in [9.17, 15) is 0 Å². The molecule has 0 saturated carbocycles. The first-order valence-corrected chi connectivity index (χ1v) is 8.74. The molecule has 3 nitrogen and oxygen atoms in total. The first-order valence-electron chi connectivity index (χ1n) is 6.60. The summed E-state index contributed by atoms with van der Waals surface area (Å²) >= 11 is 23.8. The van der Waals surface area contributed by atoms with Crippen LogP contribution in [0.2, 0.25) is 0 Å². The van der Waals surface area contributed by atoms with Crippen molar-refractivity contribution in [3.63, 3.8) is 0 Å². The molecule has 3 N–H and O–H groups in total. The molecule has 0 fully saturated rings. The Labute approximate surface area is 137 Å². The number of hydrogen-bond donors (Lipinski definition) is 2. The van der Waals surface area contributed by atoms with Crippen molar-refractivity contribution in [1.29, 1.82) is 0 Å². The molecule has 0 atom stereocenters. The molecule has 0 bridgehead atoms. The molecule has 0 radical (unpaired) electrons. The second-order valence-electron chi connectivity index (χ2n) is 4.43. The van der Waals surface area contributed by atoms with Gasteiger partial charge in [0.1, 0.15) is 0 Å². The van der Waals surface area contributed by atoms with Gasteiger partial charge < -0.3 is 11.1 Å². The SMILES string of the molecule is NCCNCC(CCCl)(CCCl)N(CCCl)CCCl. The minimum Gasteiger partial charge on any atom is -0.329 e. The number of rotatable bonds is 13. The van der Waals surface area contributed by atoms with E-state index in [2.05, 4.69) is 10.2 Å². The molecule has 0 unspecified atom stereocenters. The average molecular weight is 353 g/mol. The van der Waals surface area contributed by atoms with Crippen LogP contribution in [0.5, 0.6) is 0 Å². The Morgan fingerprint density at radius 3 is 1.79 bits per heavy atom. The van der Waals surface area contributed by atoms with Crippen LogP contribution in [0.15, 0.2) is 0 Å². The molecule has 0 saturated heterocycles. The van der Waals surface area contributed by atoms with E-state index in [4.69, 9.17) is 52.1 Å². The first-order chi connectivity index (χ1) is 9.20. The van der Waals surface area contributed by atoms with Crippen LogP contribution in [-0.2, 0) is 0 Å². The van der Waals surface area contributed by atoms with Crippen LogP contribution in [0.3, 0.4) is 0 Å². The zero-order valence-electron chi connectivity index (χ0n) is 11.3. The van der Waals surface area contributed by atoms with Crippen molar-refractivity contribution >= 4 is 46.4 Å². The van der Waals surface area contributed by atoms with Crippen molar-refractivity contribution in [1.82, 2.24) is 10.2 Å². The van der Waals surface area contributed by atoms with Gasteiger partial charge in [-0.1, -0.05) is 0 Å². The van der Waals surface area contributed by atoms with Gasteiger partial charge >= 0.3 is 0 Å². The van der Waals surface area contributed by atoms with E-state index in [1.807, 2.05) is 0 Å². The quantitative estimate of drug-likeness (QED) is 0.394. The van der Waals surface area contributed by atoms with E-state index in [1.165, 1.54) is 0 Å². The minimum absolute atomic E-state index is 0.0948. The molecular formula is C12H25Cl4N3. The van der Waals surface area contributed by atoms with E-state index in [0.717, 1.165) is 39.0 Å². The Kier molecular flexibility index (Phi) is 13.5. The highest BCUT2D eigenvalue weighted by atomic mass is 35.5. The largest absolute Gasteiger partial charge is 0.329 e. The van der Waals surface area contributed by atoms with Crippen molar-refractivity contribution in [3.05, 3.63) is 0 Å². The van der Waals surface area contributed by atoms with Crippen molar-refractivity contribution in [2.45, 2.75) is 18.4 Å². The predicted molar refractivity (Wildman–Crippen MR) is 88.3 cm³/mol. The molecule has 0 spiro atoms. The average Bonchev–Trinajstić information content (AvgIpc) is 2.39. The van der Waals surface area contributed by atoms with Crippen LogP contribution in [0.4, 0.5) is 0 Å². The van der Waals surface area contributed by atoms with Gasteiger partial charge in [-0.2, -0.15) is 0 Å². The monoisotopic (exact) mass is 351 g/mol. The molecular weight excluding hydrogens is 328 g/mol. The fourth-order valence-corrected chi connectivity index (χ4v) is 3.41. The number of alkyl halides is 4. The number of nitrogens with zero attached hydrogens (tertiary/aromatic N) is 1. The van der Waals surface area contributed by atoms with Gasteiger partial charge in [0, 0.05) is 61.8 Å². The van der Waals surface area contributed by atoms with Gasteiger partial charge in [0.05, 0.1) is 0 Å². The van der Waals surface area contributed by atoms with Crippen molar-refractivity contribution in [3.8, 4) is 0 Å². The molecule has 116 valence electrons. The van der Waals surface area contributed by atoms with Gasteiger partial charge in [0.15, 0.2) is 0 Å². The fourth-order valence-electron chi connectivity index (χ4n) is 2.29. The molecule has 0 rings (SSSR count). The summed E-state index contributed by atoms with van der Waals surface area (Å²) in [6.07, 6.45) is 1.71. The van der Waals surface area contributed by atoms with Gasteiger partial charge in [0.2, 0.25) is 0 Å². The van der Waals surface area contributed by atoms with Crippen molar-refractivity contribution in [2.75, 3.05) is 56.2 Å². The third-order valence-corrected chi connectivity index (χ3v) is 3.99. The van der Waals surface area contributed by atoms with E-state index in [-0.39, 0.29) is 5.54 Å². The molecule has 0 aromatic rings. The lowest BCUT2D eigenvalue weighted by Gasteiger charge is -2.44. The van der Waals surface area contributed by atoms with Gasteiger partial charge in [-0.15, -0.1) is 46.4 Å². The molecule has 0 amide bonds. The smallest absolute Gasteiger partial charge is 0.0357 e. The van der Waals surface area contributed by atoms with Crippen LogP contribution >= 0.6 is 46.4 Å². The number of nitrogens with one attached hydrogen (secondary N) is 1. The summed E-state index contributed by atoms with van der Waals surface area (Å²) in [4.78, 5) is 2.31. The van der Waals surface area contributed by atoms with E-state index < -0.39 is 0 Å². The van der Waals surface area contributed by atoms with Crippen molar-refractivity contribution < 1.29 is 0 Å². The van der Waals surface area contributed by atoms with E-state index in [0.29, 0.717) is 30.1 Å². The van der Waals surface area contributed by atoms with Crippen LogP contribution in [0, 0.1) is 0 Å². The number of halogens is 4. The van der Waals surface area contributed by atoms with Gasteiger partial charge in [-0.25, -0.2) is 0 Å². The number of hydrogen-bond acceptors (Lipinski definition) is 3. The lowest BCUT2D eigenvalue weighted by molar-refractivity contribution is 0.0919. The molecule has 19 heavy (non-hydrogen) atoms. The lowest BCUT2D eigenvalue weighted by Crippen LogP contribution is -2.57. The highest BCUT2D eigenvalue weighted by Gasteiger charge is 2.34. The third kappa shape index (κ3) is 7.56. The Bertz CT molecular complexity index is 195. The highest BCUT2D eigenvalue weighted by molar-refractivity contribution is 6.19. The maximum atomic E-state index is 5.99. The maximum absolute atomic E-state index is 5.99. The highest BCUT2D eigenvalue weighted by Crippen LogP contribution is 2.25. The molecule has 0 heterocycles. The summed E-state index contributed by atoms with van der Waals surface area (Å²) in [5.41, 5.74) is 5.43. The summed E-state index contributed by atoms with van der Waals surface area (Å²) in [5, 5.41) is 3.37. The lowest BCUT2D eigenvalue weighted by atomic mass is 9.90. The number of nitrogens with two attached hydrogens (primary N) is 1. The maximum Gasteiger partial charge on any atom is 0.0357 e. The Balaban J connectivity index is 4.89. The summed E-state index contributed by atoms with van der Waals surface area (Å²) in [7, 11) is 0. The van der Waals surface area contributed by atoms with Crippen LogP contribution in [-0.4, -0.2) is 66.7 Å². The van der Waals surface area contributed by atoms with E-state index >= 15 is 0 Å².